The van der Waals surface area contributed by atoms with Crippen LogP contribution < -0.4 is 10.6 Å². The number of carbonyl (C=O) groups is 1. The minimum absolute atomic E-state index is 0.245. The van der Waals surface area contributed by atoms with Crippen molar-refractivity contribution in [3.8, 4) is 0 Å². The number of nitrogens with zero attached hydrogens (tertiary/aromatic N) is 3. The van der Waals surface area contributed by atoms with E-state index in [2.05, 4.69) is 25.6 Å². The highest BCUT2D eigenvalue weighted by molar-refractivity contribution is 6.30. The summed E-state index contributed by atoms with van der Waals surface area (Å²) in [6.45, 7) is 2.89. The third kappa shape index (κ3) is 5.76. The van der Waals surface area contributed by atoms with Crippen molar-refractivity contribution in [2.45, 2.75) is 19.9 Å². The van der Waals surface area contributed by atoms with Gasteiger partial charge in [0.05, 0.1) is 0 Å². The standard InChI is InChI=1S/C20H20ClN5O/c1-14-11-18(19(27)24-13-16-3-2-9-22-12-16)26-20(25-14)23-10-8-15-4-6-17(21)7-5-15/h2-7,9,11-12H,8,10,13H2,1H3,(H,24,27)(H,23,25,26). The second kappa shape index (κ2) is 9.09. The Hall–Kier alpha value is -2.99. The zero-order valence-electron chi connectivity index (χ0n) is 14.9. The van der Waals surface area contributed by atoms with Gasteiger partial charge in [0.15, 0.2) is 0 Å². The minimum Gasteiger partial charge on any atom is -0.354 e. The molecule has 0 saturated heterocycles. The number of benzene rings is 1. The summed E-state index contributed by atoms with van der Waals surface area (Å²) >= 11 is 5.89. The molecule has 0 saturated carbocycles. The van der Waals surface area contributed by atoms with Gasteiger partial charge in [0.2, 0.25) is 5.95 Å². The van der Waals surface area contributed by atoms with E-state index in [0.29, 0.717) is 24.7 Å². The summed E-state index contributed by atoms with van der Waals surface area (Å²) < 4.78 is 0. The molecule has 0 bridgehead atoms. The highest BCUT2D eigenvalue weighted by Gasteiger charge is 2.10. The van der Waals surface area contributed by atoms with Gasteiger partial charge in [-0.2, -0.15) is 0 Å². The lowest BCUT2D eigenvalue weighted by Gasteiger charge is -2.09. The third-order valence-corrected chi connectivity index (χ3v) is 4.12. The van der Waals surface area contributed by atoms with Crippen LogP contribution in [0.15, 0.2) is 54.9 Å². The Morgan fingerprint density at radius 3 is 2.67 bits per heavy atom. The molecule has 0 aliphatic carbocycles. The number of nitrogens with one attached hydrogen (secondary N) is 2. The lowest BCUT2D eigenvalue weighted by molar-refractivity contribution is 0.0945. The number of aromatic nitrogens is 3. The van der Waals surface area contributed by atoms with Gasteiger partial charge in [-0.15, -0.1) is 0 Å². The number of anilines is 1. The van der Waals surface area contributed by atoms with E-state index in [0.717, 1.165) is 28.3 Å². The summed E-state index contributed by atoms with van der Waals surface area (Å²) in [6, 6.07) is 13.1. The van der Waals surface area contributed by atoms with E-state index in [-0.39, 0.29) is 5.91 Å². The SMILES string of the molecule is Cc1cc(C(=O)NCc2cccnc2)nc(NCCc2ccc(Cl)cc2)n1. The minimum atomic E-state index is -0.245. The second-order valence-electron chi connectivity index (χ2n) is 6.07. The van der Waals surface area contributed by atoms with E-state index in [4.69, 9.17) is 11.6 Å². The fourth-order valence-corrected chi connectivity index (χ4v) is 2.64. The van der Waals surface area contributed by atoms with Gasteiger partial charge in [0, 0.05) is 36.2 Å². The predicted octanol–water partition coefficient (Wildman–Crippen LogP) is 3.42. The maximum Gasteiger partial charge on any atom is 0.270 e. The predicted molar refractivity (Wildman–Crippen MR) is 106 cm³/mol. The van der Waals surface area contributed by atoms with E-state index in [1.54, 1.807) is 18.5 Å². The van der Waals surface area contributed by atoms with Gasteiger partial charge in [0.1, 0.15) is 5.69 Å². The van der Waals surface area contributed by atoms with Crippen LogP contribution in [0.2, 0.25) is 5.02 Å². The third-order valence-electron chi connectivity index (χ3n) is 3.87. The first-order chi connectivity index (χ1) is 13.1. The molecule has 0 spiro atoms. The number of carbonyl (C=O) groups excluding carboxylic acids is 1. The van der Waals surface area contributed by atoms with Gasteiger partial charge in [-0.1, -0.05) is 29.8 Å². The van der Waals surface area contributed by atoms with Gasteiger partial charge in [-0.25, -0.2) is 9.97 Å². The highest BCUT2D eigenvalue weighted by Crippen LogP contribution is 2.10. The smallest absolute Gasteiger partial charge is 0.270 e. The summed E-state index contributed by atoms with van der Waals surface area (Å²) in [7, 11) is 0. The summed E-state index contributed by atoms with van der Waals surface area (Å²) in [5, 5.41) is 6.74. The van der Waals surface area contributed by atoms with E-state index in [1.807, 2.05) is 43.3 Å². The van der Waals surface area contributed by atoms with E-state index in [9.17, 15) is 4.79 Å². The molecule has 138 valence electrons. The lowest BCUT2D eigenvalue weighted by Crippen LogP contribution is -2.24. The average molecular weight is 382 g/mol. The Labute approximate surface area is 163 Å². The number of pyridine rings is 1. The number of rotatable bonds is 7. The van der Waals surface area contributed by atoms with Gasteiger partial charge in [0.25, 0.3) is 5.91 Å². The molecule has 0 aliphatic rings. The van der Waals surface area contributed by atoms with Crippen LogP contribution in [0.3, 0.4) is 0 Å². The Bertz CT molecular complexity index is 900. The van der Waals surface area contributed by atoms with Gasteiger partial charge in [-0.05, 0) is 48.7 Å². The highest BCUT2D eigenvalue weighted by atomic mass is 35.5. The van der Waals surface area contributed by atoms with Crippen LogP contribution in [0.25, 0.3) is 0 Å². The molecule has 7 heteroatoms. The molecule has 27 heavy (non-hydrogen) atoms. The Balaban J connectivity index is 1.58. The molecule has 0 atom stereocenters. The van der Waals surface area contributed by atoms with Crippen LogP contribution in [-0.2, 0) is 13.0 Å². The van der Waals surface area contributed by atoms with Crippen LogP contribution in [0.4, 0.5) is 5.95 Å². The first-order valence-corrected chi connectivity index (χ1v) is 8.99. The van der Waals surface area contributed by atoms with Crippen molar-refractivity contribution < 1.29 is 4.79 Å². The molecule has 0 radical (unpaired) electrons. The van der Waals surface area contributed by atoms with Gasteiger partial charge in [-0.3, -0.25) is 9.78 Å². The topological polar surface area (TPSA) is 79.8 Å². The Morgan fingerprint density at radius 2 is 1.93 bits per heavy atom. The zero-order valence-corrected chi connectivity index (χ0v) is 15.7. The molecule has 1 amide bonds. The lowest BCUT2D eigenvalue weighted by atomic mass is 10.1. The molecule has 3 rings (SSSR count). The number of amides is 1. The van der Waals surface area contributed by atoms with Crippen LogP contribution in [0.5, 0.6) is 0 Å². The quantitative estimate of drug-likeness (QED) is 0.655. The van der Waals surface area contributed by atoms with Crippen molar-refractivity contribution in [2.75, 3.05) is 11.9 Å². The van der Waals surface area contributed by atoms with Crippen molar-refractivity contribution >= 4 is 23.5 Å². The van der Waals surface area contributed by atoms with Crippen molar-refractivity contribution in [1.82, 2.24) is 20.3 Å². The van der Waals surface area contributed by atoms with Gasteiger partial charge < -0.3 is 10.6 Å². The fourth-order valence-electron chi connectivity index (χ4n) is 2.51. The first kappa shape index (κ1) is 18.8. The largest absolute Gasteiger partial charge is 0.354 e. The fraction of sp³-hybridized carbons (Fsp3) is 0.200. The summed E-state index contributed by atoms with van der Waals surface area (Å²) in [6.07, 6.45) is 4.22. The van der Waals surface area contributed by atoms with E-state index in [1.165, 1.54) is 0 Å². The average Bonchev–Trinajstić information content (AvgIpc) is 2.68. The second-order valence-corrected chi connectivity index (χ2v) is 6.50. The number of hydrogen-bond donors (Lipinski definition) is 2. The number of hydrogen-bond acceptors (Lipinski definition) is 5. The monoisotopic (exact) mass is 381 g/mol. The number of halogens is 1. The molecule has 2 heterocycles. The molecular weight excluding hydrogens is 362 g/mol. The molecule has 0 unspecified atom stereocenters. The van der Waals surface area contributed by atoms with Crippen molar-refractivity contribution in [2.24, 2.45) is 0 Å². The van der Waals surface area contributed by atoms with Crippen LogP contribution in [-0.4, -0.2) is 27.4 Å². The molecular formula is C20H20ClN5O. The van der Waals surface area contributed by atoms with E-state index < -0.39 is 0 Å². The summed E-state index contributed by atoms with van der Waals surface area (Å²) in [5.74, 6) is 0.195. The Kier molecular flexibility index (Phi) is 6.33. The van der Waals surface area contributed by atoms with Crippen molar-refractivity contribution in [3.63, 3.8) is 0 Å². The molecule has 6 nitrogen and oxygen atoms in total. The number of aryl methyl sites for hydroxylation is 1. The normalized spacial score (nSPS) is 10.4. The molecule has 0 fully saturated rings. The molecule has 3 aromatic rings. The molecule has 2 N–H and O–H groups in total. The van der Waals surface area contributed by atoms with E-state index >= 15 is 0 Å². The van der Waals surface area contributed by atoms with Gasteiger partial charge >= 0.3 is 0 Å². The van der Waals surface area contributed by atoms with Crippen LogP contribution in [0.1, 0.15) is 27.3 Å². The molecule has 0 aliphatic heterocycles. The summed E-state index contributed by atoms with van der Waals surface area (Å²) in [4.78, 5) is 25.1. The van der Waals surface area contributed by atoms with Crippen molar-refractivity contribution in [3.05, 3.63) is 82.4 Å². The maximum atomic E-state index is 12.4. The molecule has 2 aromatic heterocycles. The Morgan fingerprint density at radius 1 is 1.11 bits per heavy atom. The first-order valence-electron chi connectivity index (χ1n) is 8.61. The van der Waals surface area contributed by atoms with Crippen LogP contribution in [0, 0.1) is 6.92 Å². The molecule has 1 aromatic carbocycles. The zero-order chi connectivity index (χ0) is 19.1. The van der Waals surface area contributed by atoms with Crippen molar-refractivity contribution in [1.29, 1.82) is 0 Å². The summed E-state index contributed by atoms with van der Waals surface area (Å²) in [5.41, 5.74) is 3.15. The van der Waals surface area contributed by atoms with Crippen LogP contribution >= 0.6 is 11.6 Å². The maximum absolute atomic E-state index is 12.4.